The van der Waals surface area contributed by atoms with Crippen molar-refractivity contribution in [1.82, 2.24) is 15.2 Å². The number of H-pyrrole nitrogens is 1. The van der Waals surface area contributed by atoms with Gasteiger partial charge in [-0.1, -0.05) is 0 Å². The summed E-state index contributed by atoms with van der Waals surface area (Å²) in [5, 5.41) is 9.15. The van der Waals surface area contributed by atoms with Crippen molar-refractivity contribution in [1.29, 1.82) is 0 Å². The molecule has 0 saturated heterocycles. The number of amides is 2. The van der Waals surface area contributed by atoms with Crippen molar-refractivity contribution in [3.8, 4) is 11.3 Å². The van der Waals surface area contributed by atoms with Crippen LogP contribution in [-0.4, -0.2) is 27.0 Å². The number of aromatic amines is 1. The maximum atomic E-state index is 13.4. The average molecular weight is 482 g/mol. The number of thiophene rings is 1. The Morgan fingerprint density at radius 3 is 2.76 bits per heavy atom. The van der Waals surface area contributed by atoms with Crippen molar-refractivity contribution in [3.05, 3.63) is 51.4 Å². The van der Waals surface area contributed by atoms with Gasteiger partial charge in [-0.15, -0.1) is 11.3 Å². The van der Waals surface area contributed by atoms with Crippen LogP contribution in [-0.2, 0) is 0 Å². The van der Waals surface area contributed by atoms with Crippen LogP contribution in [0.5, 0.6) is 0 Å². The third-order valence-corrected chi connectivity index (χ3v) is 5.67. The largest absolute Gasteiger partial charge is 0.464 e. The maximum Gasteiger partial charge on any atom is 0.280 e. The van der Waals surface area contributed by atoms with Gasteiger partial charge in [-0.2, -0.15) is 5.10 Å². The summed E-state index contributed by atoms with van der Waals surface area (Å²) in [6, 6.07) is 4.32. The lowest BCUT2D eigenvalue weighted by Crippen LogP contribution is -2.17. The van der Waals surface area contributed by atoms with Gasteiger partial charge in [0.05, 0.1) is 22.6 Å². The molecule has 4 rings (SSSR count). The standard InChI is InChI=1S/C17H10BrF2N5O3S/c18-7-5-22-25-11(7)16(27)24-12-10-6(9-2-1-3-28-9)4-8(14(19)20)23-17(10)29-13(12)15(21)26/h1-5,14H,(H2,21,26)(H,22,25)(H,24,27). The molecule has 4 N–H and O–H groups in total. The van der Waals surface area contributed by atoms with Crippen molar-refractivity contribution in [2.24, 2.45) is 5.73 Å². The van der Waals surface area contributed by atoms with Crippen LogP contribution >= 0.6 is 27.3 Å². The number of anilines is 1. The summed E-state index contributed by atoms with van der Waals surface area (Å²) < 4.78 is 32.5. The molecule has 0 unspecified atom stereocenters. The molecule has 0 aliphatic carbocycles. The van der Waals surface area contributed by atoms with E-state index in [1.54, 1.807) is 12.1 Å². The number of hydrogen-bond donors (Lipinski definition) is 3. The lowest BCUT2D eigenvalue weighted by molar-refractivity contribution is 0.100. The monoisotopic (exact) mass is 481 g/mol. The average Bonchev–Trinajstić information content (AvgIpc) is 3.40. The summed E-state index contributed by atoms with van der Waals surface area (Å²) in [7, 11) is 0. The molecule has 0 bridgehead atoms. The van der Waals surface area contributed by atoms with E-state index in [2.05, 4.69) is 36.4 Å². The molecule has 0 radical (unpaired) electrons. The molecule has 8 nitrogen and oxygen atoms in total. The predicted octanol–water partition coefficient (Wildman–Crippen LogP) is 4.33. The molecule has 148 valence electrons. The Morgan fingerprint density at radius 2 is 2.17 bits per heavy atom. The minimum absolute atomic E-state index is 0.0317. The van der Waals surface area contributed by atoms with Gasteiger partial charge in [0.1, 0.15) is 26.9 Å². The quantitative estimate of drug-likeness (QED) is 0.390. The number of rotatable bonds is 5. The Morgan fingerprint density at radius 1 is 1.38 bits per heavy atom. The molecule has 4 heterocycles. The minimum Gasteiger partial charge on any atom is -0.464 e. The molecule has 12 heteroatoms. The Labute approximate surface area is 173 Å². The number of nitrogens with one attached hydrogen (secondary N) is 2. The van der Waals surface area contributed by atoms with E-state index in [0.29, 0.717) is 4.47 Å². The molecule has 0 aromatic carbocycles. The topological polar surface area (TPSA) is 127 Å². The van der Waals surface area contributed by atoms with Crippen LogP contribution in [0.1, 0.15) is 32.3 Å². The van der Waals surface area contributed by atoms with E-state index >= 15 is 0 Å². The smallest absolute Gasteiger partial charge is 0.280 e. The van der Waals surface area contributed by atoms with Crippen LogP contribution in [0.25, 0.3) is 21.5 Å². The molecular weight excluding hydrogens is 472 g/mol. The summed E-state index contributed by atoms with van der Waals surface area (Å²) in [5.41, 5.74) is 5.39. The summed E-state index contributed by atoms with van der Waals surface area (Å²) in [4.78, 5) is 28.7. The van der Waals surface area contributed by atoms with E-state index in [1.807, 2.05) is 0 Å². The third-order valence-electron chi connectivity index (χ3n) is 3.97. The van der Waals surface area contributed by atoms with Gasteiger partial charge >= 0.3 is 0 Å². The summed E-state index contributed by atoms with van der Waals surface area (Å²) >= 11 is 3.99. The van der Waals surface area contributed by atoms with Gasteiger partial charge in [0, 0.05) is 10.9 Å². The van der Waals surface area contributed by atoms with Gasteiger partial charge in [0.2, 0.25) is 0 Å². The summed E-state index contributed by atoms with van der Waals surface area (Å²) in [5.74, 6) is -1.18. The van der Waals surface area contributed by atoms with Gasteiger partial charge in [0.25, 0.3) is 18.2 Å². The molecule has 4 aromatic rings. The number of nitrogens with two attached hydrogens (primary N) is 1. The fraction of sp³-hybridized carbons (Fsp3) is 0.0588. The van der Waals surface area contributed by atoms with Gasteiger partial charge in [0.15, 0.2) is 0 Å². The predicted molar refractivity (Wildman–Crippen MR) is 105 cm³/mol. The number of nitrogens with zero attached hydrogens (tertiary/aromatic N) is 2. The first-order valence-corrected chi connectivity index (χ1v) is 9.57. The fourth-order valence-electron chi connectivity index (χ4n) is 2.75. The second-order valence-electron chi connectivity index (χ2n) is 5.77. The molecule has 0 aliphatic heterocycles. The van der Waals surface area contributed by atoms with Crippen LogP contribution in [0.15, 0.2) is 39.5 Å². The van der Waals surface area contributed by atoms with Crippen LogP contribution < -0.4 is 11.1 Å². The zero-order valence-electron chi connectivity index (χ0n) is 14.2. The van der Waals surface area contributed by atoms with Crippen LogP contribution in [0.2, 0.25) is 0 Å². The van der Waals surface area contributed by atoms with Crippen molar-refractivity contribution >= 4 is 55.0 Å². The molecule has 2 amide bonds. The number of aromatic nitrogens is 3. The summed E-state index contributed by atoms with van der Waals surface area (Å²) in [6.45, 7) is 0. The second kappa shape index (κ2) is 7.37. The number of halogens is 3. The van der Waals surface area contributed by atoms with Crippen molar-refractivity contribution < 1.29 is 22.8 Å². The zero-order valence-corrected chi connectivity index (χ0v) is 16.6. The number of carbonyl (C=O) groups excluding carboxylic acids is 2. The van der Waals surface area contributed by atoms with E-state index in [-0.39, 0.29) is 37.8 Å². The third kappa shape index (κ3) is 3.40. The highest BCUT2D eigenvalue weighted by Crippen LogP contribution is 2.42. The number of furan rings is 1. The SMILES string of the molecule is NC(=O)c1sc2nc(C(F)F)cc(-c3ccco3)c2c1NC(=O)c1[nH]ncc1Br. The number of primary amides is 1. The van der Waals surface area contributed by atoms with E-state index in [9.17, 15) is 18.4 Å². The number of carbonyl (C=O) groups is 2. The second-order valence-corrected chi connectivity index (χ2v) is 7.62. The first kappa shape index (κ1) is 19.2. The molecule has 0 fully saturated rings. The van der Waals surface area contributed by atoms with E-state index in [0.717, 1.165) is 17.4 Å². The zero-order chi connectivity index (χ0) is 20.7. The minimum atomic E-state index is -2.84. The number of pyridine rings is 1. The van der Waals surface area contributed by atoms with Gasteiger partial charge in [-0.3, -0.25) is 14.7 Å². The Balaban J connectivity index is 1.97. The van der Waals surface area contributed by atoms with E-state index < -0.39 is 23.9 Å². The molecule has 0 aliphatic rings. The van der Waals surface area contributed by atoms with Crippen molar-refractivity contribution in [2.75, 3.05) is 5.32 Å². The van der Waals surface area contributed by atoms with Crippen LogP contribution in [0.4, 0.5) is 14.5 Å². The molecule has 0 saturated carbocycles. The van der Waals surface area contributed by atoms with E-state index in [4.69, 9.17) is 10.2 Å². The molecule has 0 atom stereocenters. The van der Waals surface area contributed by atoms with Crippen LogP contribution in [0, 0.1) is 0 Å². The van der Waals surface area contributed by atoms with Crippen molar-refractivity contribution in [2.45, 2.75) is 6.43 Å². The Kier molecular flexibility index (Phi) is 4.88. The van der Waals surface area contributed by atoms with E-state index in [1.165, 1.54) is 12.5 Å². The lowest BCUT2D eigenvalue weighted by atomic mass is 10.1. The fourth-order valence-corrected chi connectivity index (χ4v) is 4.14. The van der Waals surface area contributed by atoms with Gasteiger partial charge < -0.3 is 15.5 Å². The normalized spacial score (nSPS) is 11.3. The lowest BCUT2D eigenvalue weighted by Gasteiger charge is -2.09. The van der Waals surface area contributed by atoms with Crippen molar-refractivity contribution in [3.63, 3.8) is 0 Å². The highest BCUT2D eigenvalue weighted by Gasteiger charge is 2.26. The number of hydrogen-bond acceptors (Lipinski definition) is 6. The molecule has 29 heavy (non-hydrogen) atoms. The summed E-state index contributed by atoms with van der Waals surface area (Å²) in [6.07, 6.45) is -0.0723. The Hall–Kier alpha value is -3.12. The number of fused-ring (bicyclic) bond motifs is 1. The molecular formula is C17H10BrF2N5O3S. The highest BCUT2D eigenvalue weighted by atomic mass is 79.9. The van der Waals surface area contributed by atoms with Crippen LogP contribution in [0.3, 0.4) is 0 Å². The van der Waals surface area contributed by atoms with Gasteiger partial charge in [-0.05, 0) is 34.1 Å². The maximum absolute atomic E-state index is 13.4. The molecule has 4 aromatic heterocycles. The highest BCUT2D eigenvalue weighted by molar-refractivity contribution is 9.10. The van der Waals surface area contributed by atoms with Gasteiger partial charge in [-0.25, -0.2) is 13.8 Å². The molecule has 0 spiro atoms. The first-order valence-electron chi connectivity index (χ1n) is 7.96. The number of alkyl halides is 2. The Bertz CT molecular complexity index is 1240. The first-order chi connectivity index (χ1) is 13.9.